The fraction of sp³-hybridized carbons (Fsp3) is 0.0417. The Morgan fingerprint density at radius 2 is 1.68 bits per heavy atom. The second kappa shape index (κ2) is 9.04. The summed E-state index contributed by atoms with van der Waals surface area (Å²) in [5.74, 6) is 0.795. The van der Waals surface area contributed by atoms with E-state index in [-0.39, 0.29) is 11.7 Å². The molecule has 0 aliphatic rings. The summed E-state index contributed by atoms with van der Waals surface area (Å²) in [6.45, 7) is 0. The van der Waals surface area contributed by atoms with E-state index in [1.54, 1.807) is 73.8 Å². The predicted octanol–water partition coefficient (Wildman–Crippen LogP) is 5.34. The van der Waals surface area contributed by atoms with Crippen molar-refractivity contribution in [3.63, 3.8) is 0 Å². The van der Waals surface area contributed by atoms with E-state index in [1.165, 1.54) is 18.5 Å². The van der Waals surface area contributed by atoms with Gasteiger partial charge in [0.2, 0.25) is 5.88 Å². The lowest BCUT2D eigenvalue weighted by Gasteiger charge is -2.09. The fourth-order valence-electron chi connectivity index (χ4n) is 2.90. The Hall–Kier alpha value is -4.26. The summed E-state index contributed by atoms with van der Waals surface area (Å²) in [6, 6.07) is 21.5. The lowest BCUT2D eigenvalue weighted by Crippen LogP contribution is -2.11. The Morgan fingerprint density at radius 3 is 2.48 bits per heavy atom. The number of hydrogen-bond acceptors (Lipinski definition) is 5. The van der Waals surface area contributed by atoms with Crippen molar-refractivity contribution >= 4 is 11.6 Å². The molecule has 0 spiro atoms. The zero-order chi connectivity index (χ0) is 21.6. The van der Waals surface area contributed by atoms with Crippen LogP contribution in [-0.4, -0.2) is 23.0 Å². The van der Waals surface area contributed by atoms with E-state index >= 15 is 0 Å². The number of carbonyl (C=O) groups is 1. The van der Waals surface area contributed by atoms with E-state index < -0.39 is 0 Å². The maximum atomic E-state index is 13.2. The summed E-state index contributed by atoms with van der Waals surface area (Å²) in [5.41, 5.74) is 2.38. The first-order chi connectivity index (χ1) is 15.1. The molecule has 0 saturated heterocycles. The van der Waals surface area contributed by atoms with E-state index in [1.807, 2.05) is 0 Å². The minimum Gasteiger partial charge on any atom is -0.497 e. The lowest BCUT2D eigenvalue weighted by atomic mass is 10.1. The first-order valence-electron chi connectivity index (χ1n) is 9.42. The molecular formula is C24H18FN3O3. The molecule has 31 heavy (non-hydrogen) atoms. The van der Waals surface area contributed by atoms with Crippen molar-refractivity contribution in [1.29, 1.82) is 0 Å². The van der Waals surface area contributed by atoms with Crippen LogP contribution >= 0.6 is 0 Å². The summed E-state index contributed by atoms with van der Waals surface area (Å²) in [6.07, 6.45) is 1.37. The highest BCUT2D eigenvalue weighted by Crippen LogP contribution is 2.25. The monoisotopic (exact) mass is 415 g/mol. The molecule has 0 unspecified atom stereocenters. The number of hydrogen-bond donors (Lipinski definition) is 1. The third-order valence-corrected chi connectivity index (χ3v) is 4.43. The van der Waals surface area contributed by atoms with Crippen LogP contribution < -0.4 is 14.8 Å². The summed E-state index contributed by atoms with van der Waals surface area (Å²) < 4.78 is 24.1. The molecule has 0 aliphatic heterocycles. The molecule has 4 aromatic rings. The van der Waals surface area contributed by atoms with Crippen molar-refractivity contribution in [2.45, 2.75) is 0 Å². The van der Waals surface area contributed by atoms with Crippen LogP contribution in [0.2, 0.25) is 0 Å². The zero-order valence-electron chi connectivity index (χ0n) is 16.6. The quantitative estimate of drug-likeness (QED) is 0.460. The van der Waals surface area contributed by atoms with Gasteiger partial charge in [0.1, 0.15) is 23.6 Å². The topological polar surface area (TPSA) is 73.3 Å². The van der Waals surface area contributed by atoms with E-state index in [0.29, 0.717) is 34.3 Å². The van der Waals surface area contributed by atoms with Crippen molar-refractivity contribution in [3.8, 4) is 28.6 Å². The Labute approximate surface area is 178 Å². The molecule has 1 aromatic heterocycles. The second-order valence-corrected chi connectivity index (χ2v) is 6.56. The summed E-state index contributed by atoms with van der Waals surface area (Å²) in [7, 11) is 1.57. The maximum Gasteiger partial charge on any atom is 0.255 e. The van der Waals surface area contributed by atoms with Crippen molar-refractivity contribution in [1.82, 2.24) is 9.97 Å². The smallest absolute Gasteiger partial charge is 0.255 e. The highest BCUT2D eigenvalue weighted by Gasteiger charge is 2.10. The van der Waals surface area contributed by atoms with E-state index in [9.17, 15) is 9.18 Å². The number of nitrogens with zero attached hydrogens (tertiary/aromatic N) is 2. The molecular weight excluding hydrogens is 397 g/mol. The van der Waals surface area contributed by atoms with E-state index in [4.69, 9.17) is 9.47 Å². The van der Waals surface area contributed by atoms with Gasteiger partial charge < -0.3 is 14.8 Å². The van der Waals surface area contributed by atoms with Crippen molar-refractivity contribution in [2.24, 2.45) is 0 Å². The minimum absolute atomic E-state index is 0.284. The largest absolute Gasteiger partial charge is 0.497 e. The third kappa shape index (κ3) is 5.02. The molecule has 3 aromatic carbocycles. The fourth-order valence-corrected chi connectivity index (χ4v) is 2.90. The highest BCUT2D eigenvalue weighted by molar-refractivity contribution is 6.04. The van der Waals surface area contributed by atoms with Crippen LogP contribution in [-0.2, 0) is 0 Å². The molecule has 1 heterocycles. The summed E-state index contributed by atoms with van der Waals surface area (Å²) >= 11 is 0. The molecule has 154 valence electrons. The molecule has 0 aliphatic carbocycles. The third-order valence-electron chi connectivity index (χ3n) is 4.43. The van der Waals surface area contributed by atoms with Gasteiger partial charge in [-0.3, -0.25) is 4.79 Å². The Morgan fingerprint density at radius 1 is 0.903 bits per heavy atom. The Kier molecular flexibility index (Phi) is 5.84. The van der Waals surface area contributed by atoms with Gasteiger partial charge >= 0.3 is 0 Å². The SMILES string of the molecule is COc1cccc(NC(=O)c2cccc(Oc3cc(-c4ccc(F)cc4)ncn3)c2)c1. The molecule has 0 fully saturated rings. The number of aromatic nitrogens is 2. The predicted molar refractivity (Wildman–Crippen MR) is 115 cm³/mol. The van der Waals surface area contributed by atoms with Crippen molar-refractivity contribution in [2.75, 3.05) is 12.4 Å². The normalized spacial score (nSPS) is 10.4. The maximum absolute atomic E-state index is 13.2. The van der Waals surface area contributed by atoms with Crippen LogP contribution in [0.25, 0.3) is 11.3 Å². The molecule has 0 saturated carbocycles. The molecule has 4 rings (SSSR count). The number of rotatable bonds is 6. The molecule has 6 nitrogen and oxygen atoms in total. The molecule has 0 atom stereocenters. The number of anilines is 1. The number of carbonyl (C=O) groups excluding carboxylic acids is 1. The number of ether oxygens (including phenoxy) is 2. The molecule has 0 bridgehead atoms. The van der Waals surface area contributed by atoms with Crippen LogP contribution in [0, 0.1) is 5.82 Å². The van der Waals surface area contributed by atoms with Gasteiger partial charge in [0, 0.05) is 28.9 Å². The van der Waals surface area contributed by atoms with Crippen LogP contribution in [0.3, 0.4) is 0 Å². The van der Waals surface area contributed by atoms with Crippen molar-refractivity contribution < 1.29 is 18.7 Å². The molecule has 1 amide bonds. The van der Waals surface area contributed by atoms with Gasteiger partial charge in [-0.2, -0.15) is 0 Å². The second-order valence-electron chi connectivity index (χ2n) is 6.56. The van der Waals surface area contributed by atoms with Crippen LogP contribution in [0.5, 0.6) is 17.4 Å². The zero-order valence-corrected chi connectivity index (χ0v) is 16.6. The first kappa shape index (κ1) is 20.0. The van der Waals surface area contributed by atoms with E-state index in [0.717, 1.165) is 5.56 Å². The van der Waals surface area contributed by atoms with Gasteiger partial charge in [-0.25, -0.2) is 14.4 Å². The van der Waals surface area contributed by atoms with Gasteiger partial charge in [0.25, 0.3) is 5.91 Å². The highest BCUT2D eigenvalue weighted by atomic mass is 19.1. The minimum atomic E-state index is -0.321. The van der Waals surface area contributed by atoms with Crippen LogP contribution in [0.1, 0.15) is 10.4 Å². The summed E-state index contributed by atoms with van der Waals surface area (Å²) in [5, 5.41) is 2.83. The van der Waals surface area contributed by atoms with Gasteiger partial charge in [-0.15, -0.1) is 0 Å². The summed E-state index contributed by atoms with van der Waals surface area (Å²) in [4.78, 5) is 20.9. The van der Waals surface area contributed by atoms with E-state index in [2.05, 4.69) is 15.3 Å². The van der Waals surface area contributed by atoms with Crippen LogP contribution in [0.15, 0.2) is 85.2 Å². The molecule has 1 N–H and O–H groups in total. The molecule has 7 heteroatoms. The average molecular weight is 415 g/mol. The van der Waals surface area contributed by atoms with Gasteiger partial charge in [0.15, 0.2) is 0 Å². The van der Waals surface area contributed by atoms with Gasteiger partial charge in [-0.05, 0) is 54.6 Å². The number of halogens is 1. The number of amides is 1. The Bertz CT molecular complexity index is 1210. The van der Waals surface area contributed by atoms with Crippen molar-refractivity contribution in [3.05, 3.63) is 96.6 Å². The number of nitrogens with one attached hydrogen (secondary N) is 1. The first-order valence-corrected chi connectivity index (χ1v) is 9.42. The average Bonchev–Trinajstić information content (AvgIpc) is 2.80. The van der Waals surface area contributed by atoms with Gasteiger partial charge in [-0.1, -0.05) is 12.1 Å². The number of methoxy groups -OCH3 is 1. The van der Waals surface area contributed by atoms with Crippen LogP contribution in [0.4, 0.5) is 10.1 Å². The Balaban J connectivity index is 1.50. The lowest BCUT2D eigenvalue weighted by molar-refractivity contribution is 0.102. The standard InChI is InChI=1S/C24H18FN3O3/c1-30-20-6-3-5-19(13-20)28-24(29)17-4-2-7-21(12-17)31-23-14-22(26-15-27-23)16-8-10-18(25)11-9-16/h2-15H,1H3,(H,28,29). The van der Waals surface area contributed by atoms with Gasteiger partial charge in [0.05, 0.1) is 12.8 Å². The molecule has 0 radical (unpaired) electrons. The number of benzene rings is 3.